The molecule has 0 aliphatic carbocycles. The van der Waals surface area contributed by atoms with Gasteiger partial charge in [-0.2, -0.15) is 0 Å². The maximum absolute atomic E-state index is 11.6. The summed E-state index contributed by atoms with van der Waals surface area (Å²) < 4.78 is 23.2. The summed E-state index contributed by atoms with van der Waals surface area (Å²) in [7, 11) is -3.36. The Morgan fingerprint density at radius 1 is 1.29 bits per heavy atom. The highest BCUT2D eigenvalue weighted by Crippen LogP contribution is 2.23. The van der Waals surface area contributed by atoms with Gasteiger partial charge in [-0.1, -0.05) is 18.2 Å². The molecular weight excluding hydrogens is 324 g/mol. The van der Waals surface area contributed by atoms with Crippen LogP contribution in [-0.4, -0.2) is 41.1 Å². The molecule has 1 aliphatic heterocycles. The minimum atomic E-state index is -3.36. The molecule has 0 radical (unpaired) electrons. The minimum Gasteiger partial charge on any atom is -0.361 e. The number of aromatic amines is 1. The number of sulfone groups is 1. The largest absolute Gasteiger partial charge is 0.361 e. The van der Waals surface area contributed by atoms with E-state index in [1.54, 1.807) is 6.20 Å². The topological polar surface area (TPSA) is 79.0 Å². The van der Waals surface area contributed by atoms with E-state index >= 15 is 0 Å². The summed E-state index contributed by atoms with van der Waals surface area (Å²) >= 11 is 0. The van der Waals surface area contributed by atoms with Crippen molar-refractivity contribution in [1.82, 2.24) is 19.9 Å². The molecule has 2 aromatic heterocycles. The van der Waals surface area contributed by atoms with E-state index in [1.165, 1.54) is 10.9 Å². The van der Waals surface area contributed by atoms with Crippen molar-refractivity contribution in [1.29, 1.82) is 0 Å². The molecule has 1 aromatic carbocycles. The van der Waals surface area contributed by atoms with Crippen molar-refractivity contribution in [2.75, 3.05) is 12.8 Å². The Morgan fingerprint density at radius 3 is 2.96 bits per heavy atom. The maximum Gasteiger partial charge on any atom is 0.246 e. The molecule has 7 heteroatoms. The molecule has 4 rings (SSSR count). The summed E-state index contributed by atoms with van der Waals surface area (Å²) in [6, 6.07) is 8.27. The van der Waals surface area contributed by atoms with Crippen LogP contribution in [0, 0.1) is 0 Å². The predicted molar refractivity (Wildman–Crippen MR) is 91.3 cm³/mol. The third-order valence-electron chi connectivity index (χ3n) is 4.39. The molecular formula is C17H18N4O2S. The van der Waals surface area contributed by atoms with Gasteiger partial charge in [0.1, 0.15) is 0 Å². The van der Waals surface area contributed by atoms with Crippen molar-refractivity contribution < 1.29 is 8.42 Å². The Labute approximate surface area is 140 Å². The fourth-order valence-corrected chi connectivity index (χ4v) is 3.69. The van der Waals surface area contributed by atoms with Crippen molar-refractivity contribution >= 4 is 20.7 Å². The Kier molecular flexibility index (Phi) is 3.62. The number of benzene rings is 1. The second kappa shape index (κ2) is 5.68. The number of hydrogen-bond acceptors (Lipinski definition) is 5. The van der Waals surface area contributed by atoms with Crippen molar-refractivity contribution in [3.63, 3.8) is 0 Å². The van der Waals surface area contributed by atoms with E-state index in [0.717, 1.165) is 49.1 Å². The molecule has 0 unspecified atom stereocenters. The van der Waals surface area contributed by atoms with Gasteiger partial charge in [-0.15, -0.1) is 0 Å². The van der Waals surface area contributed by atoms with Gasteiger partial charge in [0.2, 0.25) is 15.0 Å². The molecule has 0 fully saturated rings. The molecule has 124 valence electrons. The first-order valence-corrected chi connectivity index (χ1v) is 9.72. The SMILES string of the molecule is CS(=O)(=O)c1ncc2c(n1)CCN(Cc1c[nH]c3ccccc13)C2. The van der Waals surface area contributed by atoms with E-state index in [9.17, 15) is 8.42 Å². The zero-order valence-corrected chi connectivity index (χ0v) is 14.2. The van der Waals surface area contributed by atoms with Crippen LogP contribution in [0.15, 0.2) is 41.8 Å². The Morgan fingerprint density at radius 2 is 2.12 bits per heavy atom. The van der Waals surface area contributed by atoms with Gasteiger partial charge in [0.25, 0.3) is 0 Å². The van der Waals surface area contributed by atoms with Gasteiger partial charge in [0.15, 0.2) is 0 Å². The van der Waals surface area contributed by atoms with Crippen LogP contribution in [0.2, 0.25) is 0 Å². The van der Waals surface area contributed by atoms with Crippen LogP contribution in [0.1, 0.15) is 16.8 Å². The van der Waals surface area contributed by atoms with Crippen LogP contribution in [0.4, 0.5) is 0 Å². The fraction of sp³-hybridized carbons (Fsp3) is 0.294. The summed E-state index contributed by atoms with van der Waals surface area (Å²) in [4.78, 5) is 13.9. The van der Waals surface area contributed by atoms with E-state index in [0.29, 0.717) is 0 Å². The molecule has 3 aromatic rings. The van der Waals surface area contributed by atoms with Crippen LogP contribution in [-0.2, 0) is 29.3 Å². The van der Waals surface area contributed by atoms with Crippen molar-refractivity contribution in [3.05, 3.63) is 53.5 Å². The third-order valence-corrected chi connectivity index (χ3v) is 5.25. The predicted octanol–water partition coefficient (Wildman–Crippen LogP) is 1.92. The minimum absolute atomic E-state index is 0.0775. The zero-order chi connectivity index (χ0) is 16.7. The zero-order valence-electron chi connectivity index (χ0n) is 13.4. The van der Waals surface area contributed by atoms with Gasteiger partial charge in [0.05, 0.1) is 5.69 Å². The lowest BCUT2D eigenvalue weighted by atomic mass is 10.1. The van der Waals surface area contributed by atoms with Crippen LogP contribution < -0.4 is 0 Å². The lowest BCUT2D eigenvalue weighted by Gasteiger charge is -2.27. The molecule has 6 nitrogen and oxygen atoms in total. The highest BCUT2D eigenvalue weighted by atomic mass is 32.2. The lowest BCUT2D eigenvalue weighted by molar-refractivity contribution is 0.243. The molecule has 24 heavy (non-hydrogen) atoms. The van der Waals surface area contributed by atoms with E-state index in [-0.39, 0.29) is 5.16 Å². The number of rotatable bonds is 3. The Balaban J connectivity index is 1.56. The summed E-state index contributed by atoms with van der Waals surface area (Å²) in [6.45, 7) is 2.43. The summed E-state index contributed by atoms with van der Waals surface area (Å²) in [6.07, 6.45) is 5.59. The lowest BCUT2D eigenvalue weighted by Crippen LogP contribution is -2.31. The van der Waals surface area contributed by atoms with Gasteiger partial charge < -0.3 is 4.98 Å². The van der Waals surface area contributed by atoms with Crippen LogP contribution in [0.3, 0.4) is 0 Å². The monoisotopic (exact) mass is 342 g/mol. The highest BCUT2D eigenvalue weighted by Gasteiger charge is 2.21. The van der Waals surface area contributed by atoms with E-state index in [1.807, 2.05) is 12.1 Å². The molecule has 0 bridgehead atoms. The summed E-state index contributed by atoms with van der Waals surface area (Å²) in [5.41, 5.74) is 4.27. The van der Waals surface area contributed by atoms with Gasteiger partial charge in [-0.3, -0.25) is 4.90 Å². The fourth-order valence-electron chi connectivity index (χ4n) is 3.17. The average Bonchev–Trinajstić information content (AvgIpc) is 2.97. The molecule has 0 saturated heterocycles. The molecule has 1 aliphatic rings. The molecule has 0 spiro atoms. The Bertz CT molecular complexity index is 1010. The first-order chi connectivity index (χ1) is 11.5. The second-order valence-corrected chi connectivity index (χ2v) is 8.13. The molecule has 3 heterocycles. The van der Waals surface area contributed by atoms with E-state index in [2.05, 4.69) is 38.2 Å². The van der Waals surface area contributed by atoms with Gasteiger partial charge >= 0.3 is 0 Å². The quantitative estimate of drug-likeness (QED) is 0.736. The van der Waals surface area contributed by atoms with Crippen molar-refractivity contribution in [2.24, 2.45) is 0 Å². The van der Waals surface area contributed by atoms with Crippen molar-refractivity contribution in [2.45, 2.75) is 24.7 Å². The number of para-hydroxylation sites is 1. The molecule has 0 atom stereocenters. The standard InChI is InChI=1S/C17H18N4O2S/c1-24(22,23)17-19-9-13-11-21(7-6-15(13)20-17)10-12-8-18-16-5-3-2-4-14(12)16/h2-5,8-9,18H,6-7,10-11H2,1H3. The summed E-state index contributed by atoms with van der Waals surface area (Å²) in [5, 5.41) is 1.17. The van der Waals surface area contributed by atoms with Crippen molar-refractivity contribution in [3.8, 4) is 0 Å². The van der Waals surface area contributed by atoms with E-state index < -0.39 is 9.84 Å². The van der Waals surface area contributed by atoms with Crippen LogP contribution in [0.5, 0.6) is 0 Å². The Hall–Kier alpha value is -2.25. The normalized spacial score (nSPS) is 15.5. The van der Waals surface area contributed by atoms with Gasteiger partial charge in [0, 0.05) is 61.2 Å². The molecule has 0 saturated carbocycles. The average molecular weight is 342 g/mol. The number of nitrogens with one attached hydrogen (secondary N) is 1. The number of H-pyrrole nitrogens is 1. The number of nitrogens with zero attached hydrogens (tertiary/aromatic N) is 3. The number of aromatic nitrogens is 3. The summed E-state index contributed by atoms with van der Waals surface area (Å²) in [5.74, 6) is 0. The maximum atomic E-state index is 11.6. The van der Waals surface area contributed by atoms with Crippen LogP contribution in [0.25, 0.3) is 10.9 Å². The molecule has 0 amide bonds. The third kappa shape index (κ3) is 2.81. The van der Waals surface area contributed by atoms with Gasteiger partial charge in [-0.05, 0) is 11.6 Å². The first kappa shape index (κ1) is 15.3. The van der Waals surface area contributed by atoms with Gasteiger partial charge in [-0.25, -0.2) is 18.4 Å². The van der Waals surface area contributed by atoms with Crippen LogP contribution >= 0.6 is 0 Å². The van der Waals surface area contributed by atoms with E-state index in [4.69, 9.17) is 0 Å². The number of fused-ring (bicyclic) bond motifs is 2. The highest BCUT2D eigenvalue weighted by molar-refractivity contribution is 7.90. The first-order valence-electron chi connectivity index (χ1n) is 7.83. The second-order valence-electron chi connectivity index (χ2n) is 6.22. The molecule has 1 N–H and O–H groups in total. The number of hydrogen-bond donors (Lipinski definition) is 1. The smallest absolute Gasteiger partial charge is 0.246 e.